The number of rotatable bonds is 6. The number of hydrogen-bond donors (Lipinski definition) is 1. The molecule has 0 unspecified atom stereocenters. The Balaban J connectivity index is 1.77. The topological polar surface area (TPSA) is 82.2 Å². The van der Waals surface area contributed by atoms with E-state index in [1.807, 2.05) is 39.8 Å². The van der Waals surface area contributed by atoms with Crippen LogP contribution in [0.4, 0.5) is 5.69 Å². The number of benzene rings is 1. The molecule has 1 N–H and O–H groups in total. The summed E-state index contributed by atoms with van der Waals surface area (Å²) >= 11 is 0. The minimum atomic E-state index is -0.343. The number of carbonyl (C=O) groups is 1. The van der Waals surface area contributed by atoms with Gasteiger partial charge in [-0.15, -0.1) is 0 Å². The zero-order chi connectivity index (χ0) is 19.6. The van der Waals surface area contributed by atoms with E-state index in [4.69, 9.17) is 9.26 Å². The first-order valence-electron chi connectivity index (χ1n) is 8.89. The average Bonchev–Trinajstić information content (AvgIpc) is 3.17. The van der Waals surface area contributed by atoms with Crippen molar-refractivity contribution < 1.29 is 14.1 Å². The van der Waals surface area contributed by atoms with Crippen molar-refractivity contribution in [2.45, 2.75) is 47.8 Å². The number of nitrogens with one attached hydrogen (secondary N) is 1. The molecule has 0 saturated heterocycles. The van der Waals surface area contributed by atoms with Gasteiger partial charge in [-0.1, -0.05) is 22.9 Å². The third-order valence-electron chi connectivity index (χ3n) is 4.42. The summed E-state index contributed by atoms with van der Waals surface area (Å²) in [6.45, 7) is 10.6. The molecule has 0 spiro atoms. The Labute approximate surface area is 158 Å². The largest absolute Gasteiger partial charge is 0.488 e. The molecule has 3 aromatic rings. The zero-order valence-electron chi connectivity index (χ0n) is 16.3. The predicted molar refractivity (Wildman–Crippen MR) is 102 cm³/mol. The van der Waals surface area contributed by atoms with Crippen LogP contribution in [0.5, 0.6) is 5.75 Å². The van der Waals surface area contributed by atoms with Crippen molar-refractivity contribution in [3.8, 4) is 5.75 Å². The van der Waals surface area contributed by atoms with Gasteiger partial charge in [0.2, 0.25) is 0 Å². The number of aromatic nitrogens is 3. The molecule has 1 amide bonds. The lowest BCUT2D eigenvalue weighted by molar-refractivity contribution is 0.101. The number of carbonyl (C=O) groups excluding carboxylic acids is 1. The Kier molecular flexibility index (Phi) is 5.30. The van der Waals surface area contributed by atoms with Gasteiger partial charge in [-0.3, -0.25) is 9.48 Å². The van der Waals surface area contributed by atoms with Gasteiger partial charge in [0.1, 0.15) is 18.1 Å². The maximum Gasteiger partial charge on any atom is 0.278 e. The second-order valence-corrected chi connectivity index (χ2v) is 6.56. The molecule has 0 bridgehead atoms. The van der Waals surface area contributed by atoms with Crippen molar-refractivity contribution in [3.05, 3.63) is 58.2 Å². The van der Waals surface area contributed by atoms with Crippen LogP contribution in [0.3, 0.4) is 0 Å². The number of aryl methyl sites for hydroxylation is 5. The Morgan fingerprint density at radius 2 is 2.04 bits per heavy atom. The van der Waals surface area contributed by atoms with Gasteiger partial charge in [0.25, 0.3) is 5.91 Å². The average molecular weight is 368 g/mol. The van der Waals surface area contributed by atoms with Gasteiger partial charge >= 0.3 is 0 Å². The summed E-state index contributed by atoms with van der Waals surface area (Å²) in [5.41, 5.74) is 4.47. The van der Waals surface area contributed by atoms with E-state index in [1.54, 1.807) is 17.8 Å². The molecule has 0 aliphatic rings. The highest BCUT2D eigenvalue weighted by Crippen LogP contribution is 2.23. The van der Waals surface area contributed by atoms with Gasteiger partial charge in [0.15, 0.2) is 5.69 Å². The van der Waals surface area contributed by atoms with Gasteiger partial charge in [0.05, 0.1) is 16.9 Å². The summed E-state index contributed by atoms with van der Waals surface area (Å²) in [5, 5.41) is 11.1. The minimum Gasteiger partial charge on any atom is -0.488 e. The molecule has 0 radical (unpaired) electrons. The lowest BCUT2D eigenvalue weighted by Gasteiger charge is -2.10. The van der Waals surface area contributed by atoms with Crippen molar-refractivity contribution in [3.63, 3.8) is 0 Å². The van der Waals surface area contributed by atoms with Crippen LogP contribution in [0.15, 0.2) is 28.9 Å². The monoisotopic (exact) mass is 368 g/mol. The molecule has 1 aromatic carbocycles. The molecule has 0 atom stereocenters. The molecular formula is C20H24N4O3. The molecule has 3 rings (SSSR count). The maximum atomic E-state index is 12.7. The van der Waals surface area contributed by atoms with Gasteiger partial charge in [0, 0.05) is 12.7 Å². The number of ether oxygens (including phenoxy) is 1. The van der Waals surface area contributed by atoms with Gasteiger partial charge in [-0.05, 0) is 46.2 Å². The number of nitrogens with zero attached hydrogens (tertiary/aromatic N) is 3. The first-order valence-corrected chi connectivity index (χ1v) is 8.89. The first kappa shape index (κ1) is 18.7. The number of hydrogen-bond acceptors (Lipinski definition) is 5. The fourth-order valence-corrected chi connectivity index (χ4v) is 2.83. The molecule has 2 aromatic heterocycles. The number of anilines is 1. The highest BCUT2D eigenvalue weighted by molar-refractivity contribution is 6.04. The maximum absolute atomic E-state index is 12.7. The van der Waals surface area contributed by atoms with E-state index in [2.05, 4.69) is 21.6 Å². The van der Waals surface area contributed by atoms with E-state index in [1.165, 1.54) is 5.56 Å². The SMILES string of the molecule is CCn1cc(NC(=O)c2noc(C)c2COc2ccc(C)cc2C)c(C)n1. The molecular weight excluding hydrogens is 344 g/mol. The Hall–Kier alpha value is -3.09. The van der Waals surface area contributed by atoms with Crippen LogP contribution in [0.25, 0.3) is 0 Å². The summed E-state index contributed by atoms with van der Waals surface area (Å²) in [7, 11) is 0. The molecule has 7 heteroatoms. The number of amides is 1. The van der Waals surface area contributed by atoms with Gasteiger partial charge in [-0.2, -0.15) is 5.10 Å². The lowest BCUT2D eigenvalue weighted by Crippen LogP contribution is -2.15. The third-order valence-corrected chi connectivity index (χ3v) is 4.42. The molecule has 0 aliphatic heterocycles. The Morgan fingerprint density at radius 1 is 1.26 bits per heavy atom. The van der Waals surface area contributed by atoms with Crippen LogP contribution in [0, 0.1) is 27.7 Å². The molecule has 142 valence electrons. The van der Waals surface area contributed by atoms with E-state index in [-0.39, 0.29) is 18.2 Å². The van der Waals surface area contributed by atoms with Crippen molar-refractivity contribution in [1.29, 1.82) is 0 Å². The fraction of sp³-hybridized carbons (Fsp3) is 0.350. The molecule has 0 fully saturated rings. The second-order valence-electron chi connectivity index (χ2n) is 6.56. The Bertz CT molecular complexity index is 972. The second kappa shape index (κ2) is 7.65. The molecule has 0 saturated carbocycles. The highest BCUT2D eigenvalue weighted by atomic mass is 16.5. The van der Waals surface area contributed by atoms with Crippen LogP contribution in [0.1, 0.15) is 45.6 Å². The summed E-state index contributed by atoms with van der Waals surface area (Å²) in [4.78, 5) is 12.7. The van der Waals surface area contributed by atoms with Crippen molar-refractivity contribution >= 4 is 11.6 Å². The van der Waals surface area contributed by atoms with E-state index >= 15 is 0 Å². The van der Waals surface area contributed by atoms with Crippen molar-refractivity contribution in [2.24, 2.45) is 0 Å². The van der Waals surface area contributed by atoms with E-state index in [9.17, 15) is 4.79 Å². The van der Waals surface area contributed by atoms with E-state index < -0.39 is 0 Å². The molecule has 7 nitrogen and oxygen atoms in total. The smallest absolute Gasteiger partial charge is 0.278 e. The molecule has 27 heavy (non-hydrogen) atoms. The van der Waals surface area contributed by atoms with Crippen molar-refractivity contribution in [1.82, 2.24) is 14.9 Å². The van der Waals surface area contributed by atoms with Gasteiger partial charge in [-0.25, -0.2) is 0 Å². The van der Waals surface area contributed by atoms with Crippen LogP contribution in [-0.2, 0) is 13.2 Å². The normalized spacial score (nSPS) is 10.9. The van der Waals surface area contributed by atoms with E-state index in [0.717, 1.165) is 23.6 Å². The Morgan fingerprint density at radius 3 is 2.70 bits per heavy atom. The third kappa shape index (κ3) is 4.02. The summed E-state index contributed by atoms with van der Waals surface area (Å²) < 4.78 is 12.9. The molecule has 0 aliphatic carbocycles. The zero-order valence-corrected chi connectivity index (χ0v) is 16.3. The van der Waals surface area contributed by atoms with Gasteiger partial charge < -0.3 is 14.6 Å². The fourth-order valence-electron chi connectivity index (χ4n) is 2.83. The first-order chi connectivity index (χ1) is 12.9. The van der Waals surface area contributed by atoms with Crippen molar-refractivity contribution in [2.75, 3.05) is 5.32 Å². The summed E-state index contributed by atoms with van der Waals surface area (Å²) in [6, 6.07) is 5.97. The lowest BCUT2D eigenvalue weighted by atomic mass is 10.1. The van der Waals surface area contributed by atoms with E-state index in [0.29, 0.717) is 17.0 Å². The standard InChI is InChI=1S/C20H24N4O3/c1-6-24-10-17(14(4)22-24)21-20(25)19-16(15(5)27-23-19)11-26-18-8-7-12(2)9-13(18)3/h7-10H,6,11H2,1-5H3,(H,21,25). The highest BCUT2D eigenvalue weighted by Gasteiger charge is 2.22. The predicted octanol–water partition coefficient (Wildman–Crippen LogP) is 3.96. The van der Waals surface area contributed by atoms with Crippen LogP contribution >= 0.6 is 0 Å². The van der Waals surface area contributed by atoms with Crippen LogP contribution in [0.2, 0.25) is 0 Å². The quantitative estimate of drug-likeness (QED) is 0.712. The molecule has 2 heterocycles. The summed E-state index contributed by atoms with van der Waals surface area (Å²) in [6.07, 6.45) is 1.80. The minimum absolute atomic E-state index is 0.204. The summed E-state index contributed by atoms with van der Waals surface area (Å²) in [5.74, 6) is 0.989. The van der Waals surface area contributed by atoms with Crippen LogP contribution in [-0.4, -0.2) is 20.8 Å². The van der Waals surface area contributed by atoms with Crippen LogP contribution < -0.4 is 10.1 Å².